The number of hydrogen-bond donors (Lipinski definition) is 4. The molecule has 0 aliphatic heterocycles. The molecule has 0 rings (SSSR count). The summed E-state index contributed by atoms with van der Waals surface area (Å²) in [6.07, 6.45) is 45.2. The first-order valence-electron chi connectivity index (χ1n) is 22.7. The number of aliphatic hydroxyl groups is 1. The fourth-order valence-electron chi connectivity index (χ4n) is 6.62. The van der Waals surface area contributed by atoms with E-state index in [9.17, 15) is 19.2 Å². The number of ether oxygens (including phenoxy) is 1. The average molecular weight is 777 g/mol. The molecule has 0 radical (unpaired) electrons. The minimum atomic E-state index is -1.39. The van der Waals surface area contributed by atoms with Gasteiger partial charge in [-0.05, 0) is 70.3 Å². The van der Waals surface area contributed by atoms with E-state index in [1.54, 1.807) is 0 Å². The van der Waals surface area contributed by atoms with Crippen LogP contribution in [0.5, 0.6) is 0 Å². The maximum atomic E-state index is 12.7. The van der Waals surface area contributed by atoms with Crippen LogP contribution in [0, 0.1) is 0 Å². The normalized spacial score (nSPS) is 12.6. The third-order valence-electron chi connectivity index (χ3n) is 10.2. The van der Waals surface area contributed by atoms with Gasteiger partial charge < -0.3 is 25.6 Å². The van der Waals surface area contributed by atoms with Crippen molar-refractivity contribution in [2.45, 2.75) is 231 Å². The van der Waals surface area contributed by atoms with E-state index in [0.717, 1.165) is 51.4 Å². The predicted octanol–water partition coefficient (Wildman–Crippen LogP) is 11.2. The summed E-state index contributed by atoms with van der Waals surface area (Å²) in [5.41, 5.74) is 0. The second kappa shape index (κ2) is 41.0. The smallest absolute Gasteiger partial charge is 0.328 e. The minimum Gasteiger partial charge on any atom is -0.480 e. The van der Waals surface area contributed by atoms with Gasteiger partial charge in [0.15, 0.2) is 0 Å². The molecule has 0 aliphatic carbocycles. The summed E-state index contributed by atoms with van der Waals surface area (Å²) in [4.78, 5) is 47.5. The highest BCUT2D eigenvalue weighted by Crippen LogP contribution is 2.16. The van der Waals surface area contributed by atoms with Gasteiger partial charge in [0.2, 0.25) is 11.8 Å². The highest BCUT2D eigenvalue weighted by atomic mass is 16.5. The summed E-state index contributed by atoms with van der Waals surface area (Å²) in [6, 6.07) is -1.39. The van der Waals surface area contributed by atoms with Gasteiger partial charge in [0.05, 0.1) is 13.2 Å². The molecule has 0 aliphatic rings. The van der Waals surface area contributed by atoms with Crippen molar-refractivity contribution in [3.05, 3.63) is 24.3 Å². The van der Waals surface area contributed by atoms with Crippen molar-refractivity contribution < 1.29 is 34.1 Å². The van der Waals surface area contributed by atoms with Crippen LogP contribution >= 0.6 is 0 Å². The standard InChI is InChI=1S/C46H84N2O7/c1-3-5-7-9-11-12-13-14-15-16-17-18-19-20-21-22-23-24-26-28-34-38-45(52)55-41(35-31-27-25-10-8-6-4-2)36-32-29-30-33-37-43(50)47-39-44(51)48-42(40-49)46(53)54/h16-17,31,35,41-42,49H,3-15,18-30,32-34,36-40H2,1-2H3,(H,47,50)(H,48,51)(H,53,54)/b17-16-,35-31-. The summed E-state index contributed by atoms with van der Waals surface area (Å²) in [6.45, 7) is 3.44. The molecule has 0 spiro atoms. The zero-order valence-corrected chi connectivity index (χ0v) is 35.4. The number of allylic oxidation sites excluding steroid dienone is 3. The van der Waals surface area contributed by atoms with Crippen LogP contribution in [0.2, 0.25) is 0 Å². The number of unbranched alkanes of at least 4 members (excludes halogenated alkanes) is 25. The number of esters is 1. The lowest BCUT2D eigenvalue weighted by Crippen LogP contribution is -2.47. The lowest BCUT2D eigenvalue weighted by atomic mass is 10.0. The van der Waals surface area contributed by atoms with E-state index in [1.807, 2.05) is 0 Å². The number of nitrogens with one attached hydrogen (secondary N) is 2. The van der Waals surface area contributed by atoms with Crippen LogP contribution in [0.3, 0.4) is 0 Å². The molecule has 9 heteroatoms. The number of hydrogen-bond acceptors (Lipinski definition) is 6. The predicted molar refractivity (Wildman–Crippen MR) is 227 cm³/mol. The number of carbonyl (C=O) groups excluding carboxylic acids is 3. The maximum Gasteiger partial charge on any atom is 0.328 e. The molecule has 0 bridgehead atoms. The molecule has 0 fully saturated rings. The van der Waals surface area contributed by atoms with Crippen LogP contribution in [0.15, 0.2) is 24.3 Å². The van der Waals surface area contributed by atoms with Crippen molar-refractivity contribution in [1.29, 1.82) is 0 Å². The number of amides is 2. The molecule has 55 heavy (non-hydrogen) atoms. The summed E-state index contributed by atoms with van der Waals surface area (Å²) in [5, 5.41) is 22.5. The van der Waals surface area contributed by atoms with Gasteiger partial charge in [0.1, 0.15) is 12.1 Å². The van der Waals surface area contributed by atoms with Crippen LogP contribution in [0.1, 0.15) is 219 Å². The van der Waals surface area contributed by atoms with E-state index in [1.165, 1.54) is 135 Å². The third-order valence-corrected chi connectivity index (χ3v) is 10.2. The lowest BCUT2D eigenvalue weighted by molar-refractivity contribution is -0.147. The summed E-state index contributed by atoms with van der Waals surface area (Å²) in [7, 11) is 0. The van der Waals surface area contributed by atoms with Crippen LogP contribution in [0.25, 0.3) is 0 Å². The fraction of sp³-hybridized carbons (Fsp3) is 0.826. The van der Waals surface area contributed by atoms with Gasteiger partial charge in [-0.2, -0.15) is 0 Å². The largest absolute Gasteiger partial charge is 0.480 e. The Hall–Kier alpha value is -2.68. The Bertz CT molecular complexity index is 983. The molecule has 2 atom stereocenters. The second-order valence-electron chi connectivity index (χ2n) is 15.5. The fourth-order valence-corrected chi connectivity index (χ4v) is 6.62. The summed E-state index contributed by atoms with van der Waals surface area (Å²) >= 11 is 0. The number of carbonyl (C=O) groups is 4. The Balaban J connectivity index is 4.10. The van der Waals surface area contributed by atoms with Crippen molar-refractivity contribution >= 4 is 23.8 Å². The minimum absolute atomic E-state index is 0.112. The van der Waals surface area contributed by atoms with Gasteiger partial charge in [-0.15, -0.1) is 0 Å². The van der Waals surface area contributed by atoms with E-state index in [2.05, 4.69) is 48.8 Å². The van der Waals surface area contributed by atoms with Gasteiger partial charge in [0.25, 0.3) is 0 Å². The Morgan fingerprint density at radius 1 is 0.545 bits per heavy atom. The van der Waals surface area contributed by atoms with Gasteiger partial charge in [-0.1, -0.05) is 160 Å². The molecule has 0 saturated heterocycles. The number of rotatable bonds is 41. The van der Waals surface area contributed by atoms with E-state index in [4.69, 9.17) is 14.9 Å². The Morgan fingerprint density at radius 3 is 1.47 bits per heavy atom. The third kappa shape index (κ3) is 38.0. The van der Waals surface area contributed by atoms with Crippen LogP contribution < -0.4 is 10.6 Å². The molecule has 4 N–H and O–H groups in total. The topological polar surface area (TPSA) is 142 Å². The molecular formula is C46H84N2O7. The SMILES string of the molecule is CCCCCCC/C=C\C(CCCCCCC(=O)NCC(=O)NC(CO)C(=O)O)OC(=O)CCCCCCCCCCC/C=C\CCCCCCCCCC. The number of aliphatic carboxylic acids is 1. The molecule has 2 unspecified atom stereocenters. The quantitative estimate of drug-likeness (QED) is 0.0275. The van der Waals surface area contributed by atoms with E-state index >= 15 is 0 Å². The first-order valence-corrected chi connectivity index (χ1v) is 22.7. The molecule has 2 amide bonds. The Labute approximate surface area is 336 Å². The van der Waals surface area contributed by atoms with E-state index in [0.29, 0.717) is 12.8 Å². The zero-order chi connectivity index (χ0) is 40.5. The van der Waals surface area contributed by atoms with Crippen molar-refractivity contribution in [2.24, 2.45) is 0 Å². The zero-order valence-electron chi connectivity index (χ0n) is 35.4. The van der Waals surface area contributed by atoms with Crippen LogP contribution in [0.4, 0.5) is 0 Å². The monoisotopic (exact) mass is 777 g/mol. The molecule has 9 nitrogen and oxygen atoms in total. The first kappa shape index (κ1) is 52.3. The van der Waals surface area contributed by atoms with Gasteiger partial charge in [-0.3, -0.25) is 14.4 Å². The first-order chi connectivity index (χ1) is 26.8. The van der Waals surface area contributed by atoms with Crippen molar-refractivity contribution in [1.82, 2.24) is 10.6 Å². The van der Waals surface area contributed by atoms with Crippen LogP contribution in [-0.4, -0.2) is 59.3 Å². The van der Waals surface area contributed by atoms with Crippen LogP contribution in [-0.2, 0) is 23.9 Å². The Morgan fingerprint density at radius 2 is 0.982 bits per heavy atom. The molecule has 320 valence electrons. The molecule has 0 aromatic carbocycles. The van der Waals surface area contributed by atoms with Gasteiger partial charge in [-0.25, -0.2) is 4.79 Å². The number of carboxylic acid groups (broad SMARTS) is 1. The second-order valence-corrected chi connectivity index (χ2v) is 15.5. The van der Waals surface area contributed by atoms with Gasteiger partial charge >= 0.3 is 11.9 Å². The molecule has 0 saturated carbocycles. The van der Waals surface area contributed by atoms with Crippen molar-refractivity contribution in [3.63, 3.8) is 0 Å². The highest BCUT2D eigenvalue weighted by molar-refractivity contribution is 5.87. The lowest BCUT2D eigenvalue weighted by Gasteiger charge is -2.15. The highest BCUT2D eigenvalue weighted by Gasteiger charge is 2.18. The van der Waals surface area contributed by atoms with Crippen molar-refractivity contribution in [3.8, 4) is 0 Å². The van der Waals surface area contributed by atoms with E-state index in [-0.39, 0.29) is 30.9 Å². The molecular weight excluding hydrogens is 693 g/mol. The maximum absolute atomic E-state index is 12.7. The average Bonchev–Trinajstić information content (AvgIpc) is 3.17. The molecule has 0 aromatic heterocycles. The van der Waals surface area contributed by atoms with E-state index < -0.39 is 24.5 Å². The molecule has 0 heterocycles. The Kier molecular flexibility index (Phi) is 39.0. The summed E-state index contributed by atoms with van der Waals surface area (Å²) < 4.78 is 5.90. The number of aliphatic hydroxyl groups excluding tert-OH is 1. The van der Waals surface area contributed by atoms with Crippen molar-refractivity contribution in [2.75, 3.05) is 13.2 Å². The van der Waals surface area contributed by atoms with Gasteiger partial charge in [0, 0.05) is 12.8 Å². The number of carboxylic acids is 1. The molecule has 0 aromatic rings. The summed E-state index contributed by atoms with van der Waals surface area (Å²) in [5.74, 6) is -2.39.